The molecule has 0 radical (unpaired) electrons. The normalized spacial score (nSPS) is 9.88. The van der Waals surface area contributed by atoms with E-state index in [4.69, 9.17) is 5.26 Å². The average molecular weight is 281 g/mol. The topological polar surface area (TPSA) is 27.0 Å². The zero-order chi connectivity index (χ0) is 12.0. The quantitative estimate of drug-likeness (QED) is 0.817. The van der Waals surface area contributed by atoms with Gasteiger partial charge in [-0.05, 0) is 31.5 Å². The van der Waals surface area contributed by atoms with Crippen LogP contribution in [0.25, 0.3) is 0 Å². The molecule has 1 aromatic carbocycles. The van der Waals surface area contributed by atoms with E-state index in [2.05, 4.69) is 40.7 Å². The molecule has 0 aliphatic heterocycles. The van der Waals surface area contributed by atoms with Gasteiger partial charge in [0.25, 0.3) is 0 Å². The summed E-state index contributed by atoms with van der Waals surface area (Å²) in [5.74, 6) is 0. The van der Waals surface area contributed by atoms with Gasteiger partial charge in [-0.15, -0.1) is 0 Å². The number of benzene rings is 1. The molecular formula is C13H17BrN2. The van der Waals surface area contributed by atoms with Gasteiger partial charge in [0.1, 0.15) is 6.07 Å². The first-order valence-corrected chi connectivity index (χ1v) is 6.46. The first-order valence-electron chi connectivity index (χ1n) is 5.67. The van der Waals surface area contributed by atoms with Crippen molar-refractivity contribution in [2.24, 2.45) is 0 Å². The van der Waals surface area contributed by atoms with Gasteiger partial charge in [0.15, 0.2) is 0 Å². The van der Waals surface area contributed by atoms with Gasteiger partial charge < -0.3 is 4.90 Å². The number of nitriles is 1. The van der Waals surface area contributed by atoms with Crippen LogP contribution in [0, 0.1) is 11.3 Å². The van der Waals surface area contributed by atoms with Crippen molar-refractivity contribution in [1.29, 1.82) is 5.26 Å². The fourth-order valence-corrected chi connectivity index (χ4v) is 2.03. The van der Waals surface area contributed by atoms with Gasteiger partial charge in [0.2, 0.25) is 0 Å². The molecule has 0 atom stereocenters. The number of halogens is 1. The third-order valence-corrected chi connectivity index (χ3v) is 3.08. The smallest absolute Gasteiger partial charge is 0.101 e. The Balaban J connectivity index is 2.96. The van der Waals surface area contributed by atoms with E-state index in [1.165, 1.54) is 6.42 Å². The first kappa shape index (κ1) is 13.1. The third kappa shape index (κ3) is 3.24. The minimum atomic E-state index is 0.743. The monoisotopic (exact) mass is 280 g/mol. The van der Waals surface area contributed by atoms with E-state index < -0.39 is 0 Å². The molecule has 0 saturated carbocycles. The fraction of sp³-hybridized carbons (Fsp3) is 0.462. The van der Waals surface area contributed by atoms with Crippen LogP contribution in [0.5, 0.6) is 0 Å². The Morgan fingerprint density at radius 1 is 1.38 bits per heavy atom. The third-order valence-electron chi connectivity index (χ3n) is 2.58. The van der Waals surface area contributed by atoms with E-state index in [1.807, 2.05) is 18.2 Å². The van der Waals surface area contributed by atoms with Crippen LogP contribution in [0.4, 0.5) is 5.69 Å². The molecular weight excluding hydrogens is 264 g/mol. The van der Waals surface area contributed by atoms with Crippen molar-refractivity contribution >= 4 is 21.6 Å². The van der Waals surface area contributed by atoms with Gasteiger partial charge in [-0.1, -0.05) is 29.3 Å². The van der Waals surface area contributed by atoms with Crippen LogP contribution in [-0.2, 0) is 0 Å². The highest BCUT2D eigenvalue weighted by Crippen LogP contribution is 2.24. The standard InChI is InChI=1S/C13H17BrN2/c1-3-5-8-16(4-2)13-7-6-12(14)9-11(13)10-15/h6-7,9H,3-5,8H2,1-2H3. The number of unbranched alkanes of at least 4 members (excludes halogenated alkanes) is 1. The SMILES string of the molecule is CCCCN(CC)c1ccc(Br)cc1C#N. The maximum atomic E-state index is 9.12. The Labute approximate surface area is 106 Å². The molecule has 0 heterocycles. The summed E-state index contributed by atoms with van der Waals surface area (Å²) in [7, 11) is 0. The van der Waals surface area contributed by atoms with Crippen LogP contribution in [0.1, 0.15) is 32.3 Å². The van der Waals surface area contributed by atoms with Crippen molar-refractivity contribution < 1.29 is 0 Å². The Bertz CT molecular complexity index is 382. The molecule has 2 nitrogen and oxygen atoms in total. The van der Waals surface area contributed by atoms with Crippen LogP contribution in [0.15, 0.2) is 22.7 Å². The molecule has 0 spiro atoms. The Morgan fingerprint density at radius 3 is 2.69 bits per heavy atom. The predicted octanol–water partition coefficient (Wildman–Crippen LogP) is 3.95. The molecule has 0 unspecified atom stereocenters. The summed E-state index contributed by atoms with van der Waals surface area (Å²) in [5, 5.41) is 9.12. The summed E-state index contributed by atoms with van der Waals surface area (Å²) in [6, 6.07) is 8.14. The van der Waals surface area contributed by atoms with E-state index in [1.54, 1.807) is 0 Å². The second-order valence-corrected chi connectivity index (χ2v) is 4.62. The number of hydrogen-bond acceptors (Lipinski definition) is 2. The van der Waals surface area contributed by atoms with Crippen LogP contribution in [0.3, 0.4) is 0 Å². The van der Waals surface area contributed by atoms with E-state index in [-0.39, 0.29) is 0 Å². The van der Waals surface area contributed by atoms with E-state index in [9.17, 15) is 0 Å². The van der Waals surface area contributed by atoms with Crippen molar-refractivity contribution in [3.05, 3.63) is 28.2 Å². The molecule has 86 valence electrons. The lowest BCUT2D eigenvalue weighted by molar-refractivity contribution is 0.731. The molecule has 0 aromatic heterocycles. The van der Waals surface area contributed by atoms with Crippen molar-refractivity contribution in [2.75, 3.05) is 18.0 Å². The van der Waals surface area contributed by atoms with Gasteiger partial charge in [-0.2, -0.15) is 5.26 Å². The lowest BCUT2D eigenvalue weighted by Crippen LogP contribution is -2.24. The number of anilines is 1. The summed E-state index contributed by atoms with van der Waals surface area (Å²) >= 11 is 3.39. The molecule has 0 N–H and O–H groups in total. The predicted molar refractivity (Wildman–Crippen MR) is 71.7 cm³/mol. The van der Waals surface area contributed by atoms with Crippen molar-refractivity contribution in [3.63, 3.8) is 0 Å². The van der Waals surface area contributed by atoms with E-state index in [0.29, 0.717) is 0 Å². The first-order chi connectivity index (χ1) is 7.72. The van der Waals surface area contributed by atoms with Crippen LogP contribution >= 0.6 is 15.9 Å². The van der Waals surface area contributed by atoms with Gasteiger partial charge in [0.05, 0.1) is 11.3 Å². The summed E-state index contributed by atoms with van der Waals surface area (Å²) in [5.41, 5.74) is 1.79. The maximum Gasteiger partial charge on any atom is 0.101 e. The zero-order valence-corrected chi connectivity index (χ0v) is 11.4. The summed E-state index contributed by atoms with van der Waals surface area (Å²) in [6.45, 7) is 6.26. The zero-order valence-electron chi connectivity index (χ0n) is 9.83. The molecule has 0 amide bonds. The summed E-state index contributed by atoms with van der Waals surface area (Å²) < 4.78 is 0.958. The molecule has 0 bridgehead atoms. The Hall–Kier alpha value is -1.01. The Morgan fingerprint density at radius 2 is 2.12 bits per heavy atom. The van der Waals surface area contributed by atoms with Crippen molar-refractivity contribution in [3.8, 4) is 6.07 Å². The molecule has 0 fully saturated rings. The molecule has 1 aromatic rings. The second kappa shape index (κ2) is 6.55. The van der Waals surface area contributed by atoms with Crippen LogP contribution in [-0.4, -0.2) is 13.1 Å². The lowest BCUT2D eigenvalue weighted by atomic mass is 10.1. The fourth-order valence-electron chi connectivity index (χ4n) is 1.67. The molecule has 0 saturated heterocycles. The minimum absolute atomic E-state index is 0.743. The molecule has 3 heteroatoms. The second-order valence-electron chi connectivity index (χ2n) is 3.71. The van der Waals surface area contributed by atoms with Crippen LogP contribution < -0.4 is 4.90 Å². The minimum Gasteiger partial charge on any atom is -0.371 e. The highest BCUT2D eigenvalue weighted by molar-refractivity contribution is 9.10. The molecule has 0 aliphatic carbocycles. The largest absolute Gasteiger partial charge is 0.371 e. The number of rotatable bonds is 5. The van der Waals surface area contributed by atoms with Crippen molar-refractivity contribution in [1.82, 2.24) is 0 Å². The highest BCUT2D eigenvalue weighted by atomic mass is 79.9. The Kier molecular flexibility index (Phi) is 5.34. The lowest BCUT2D eigenvalue weighted by Gasteiger charge is -2.24. The number of nitrogens with zero attached hydrogens (tertiary/aromatic N) is 2. The highest BCUT2D eigenvalue weighted by Gasteiger charge is 2.09. The van der Waals surface area contributed by atoms with Crippen LogP contribution in [0.2, 0.25) is 0 Å². The summed E-state index contributed by atoms with van der Waals surface area (Å²) in [6.07, 6.45) is 2.34. The molecule has 1 rings (SSSR count). The molecule has 0 aliphatic rings. The van der Waals surface area contributed by atoms with Gasteiger partial charge in [-0.25, -0.2) is 0 Å². The van der Waals surface area contributed by atoms with E-state index in [0.717, 1.165) is 35.2 Å². The summed E-state index contributed by atoms with van der Waals surface area (Å²) in [4.78, 5) is 2.26. The average Bonchev–Trinajstić information content (AvgIpc) is 2.31. The van der Waals surface area contributed by atoms with Gasteiger partial charge >= 0.3 is 0 Å². The molecule has 16 heavy (non-hydrogen) atoms. The number of hydrogen-bond donors (Lipinski definition) is 0. The van der Waals surface area contributed by atoms with Gasteiger partial charge in [-0.3, -0.25) is 0 Å². The van der Waals surface area contributed by atoms with Gasteiger partial charge in [0, 0.05) is 17.6 Å². The maximum absolute atomic E-state index is 9.12. The van der Waals surface area contributed by atoms with Crippen molar-refractivity contribution in [2.45, 2.75) is 26.7 Å². The van der Waals surface area contributed by atoms with E-state index >= 15 is 0 Å².